The molecule has 116 valence electrons. The molecule has 0 saturated heterocycles. The number of hydrogen-bond donors (Lipinski definition) is 0. The maximum absolute atomic E-state index is 12.4. The van der Waals surface area contributed by atoms with E-state index < -0.39 is 0 Å². The van der Waals surface area contributed by atoms with E-state index in [9.17, 15) is 4.79 Å². The van der Waals surface area contributed by atoms with E-state index in [-0.39, 0.29) is 5.91 Å². The van der Waals surface area contributed by atoms with Gasteiger partial charge in [0.25, 0.3) is 0 Å². The second-order valence-electron chi connectivity index (χ2n) is 5.19. The number of hydrogen-bond acceptors (Lipinski definition) is 2. The lowest BCUT2D eigenvalue weighted by molar-refractivity contribution is -0.118. The fraction of sp³-hybridized carbons (Fsp3) is 0.316. The maximum atomic E-state index is 12.4. The summed E-state index contributed by atoms with van der Waals surface area (Å²) in [5.41, 5.74) is 2.12. The van der Waals surface area contributed by atoms with Gasteiger partial charge in [-0.05, 0) is 44.0 Å². The Morgan fingerprint density at radius 2 is 1.73 bits per heavy atom. The van der Waals surface area contributed by atoms with Crippen LogP contribution in [0.5, 0.6) is 5.75 Å². The lowest BCUT2D eigenvalue weighted by atomic mass is 10.1. The summed E-state index contributed by atoms with van der Waals surface area (Å²) < 4.78 is 5.63. The van der Waals surface area contributed by atoms with Crippen molar-refractivity contribution >= 4 is 11.6 Å². The third-order valence-electron chi connectivity index (χ3n) is 3.57. The molecule has 2 aromatic carbocycles. The van der Waals surface area contributed by atoms with Crippen LogP contribution in [0.15, 0.2) is 54.6 Å². The molecule has 0 saturated carbocycles. The van der Waals surface area contributed by atoms with Crippen molar-refractivity contribution in [2.75, 3.05) is 18.1 Å². The standard InChI is InChI=1S/C19H23NO2/c1-3-20(18-13-8-7-10-16(18)2)19(21)14-9-15-22-17-11-5-4-6-12-17/h4-8,10-13H,3,9,14-15H2,1-2H3. The summed E-state index contributed by atoms with van der Waals surface area (Å²) in [6.07, 6.45) is 1.21. The number of ether oxygens (including phenoxy) is 1. The van der Waals surface area contributed by atoms with Crippen LogP contribution in [0.25, 0.3) is 0 Å². The van der Waals surface area contributed by atoms with Gasteiger partial charge in [0.2, 0.25) is 5.91 Å². The first-order valence-electron chi connectivity index (χ1n) is 7.76. The Kier molecular flexibility index (Phi) is 6.01. The van der Waals surface area contributed by atoms with Crippen LogP contribution in [0.1, 0.15) is 25.3 Å². The predicted octanol–water partition coefficient (Wildman–Crippen LogP) is 4.21. The van der Waals surface area contributed by atoms with Gasteiger partial charge in [-0.15, -0.1) is 0 Å². The van der Waals surface area contributed by atoms with Crippen LogP contribution in [0, 0.1) is 6.92 Å². The van der Waals surface area contributed by atoms with Gasteiger partial charge in [0.1, 0.15) is 5.75 Å². The molecule has 0 heterocycles. The first kappa shape index (κ1) is 16.1. The Hall–Kier alpha value is -2.29. The Bertz CT molecular complexity index is 595. The molecular weight excluding hydrogens is 274 g/mol. The van der Waals surface area contributed by atoms with Crippen LogP contribution in [0.2, 0.25) is 0 Å². The van der Waals surface area contributed by atoms with Gasteiger partial charge in [0, 0.05) is 18.7 Å². The SMILES string of the molecule is CCN(C(=O)CCCOc1ccccc1)c1ccccc1C. The second kappa shape index (κ2) is 8.23. The number of amides is 1. The fourth-order valence-corrected chi connectivity index (χ4v) is 2.41. The van der Waals surface area contributed by atoms with E-state index in [4.69, 9.17) is 4.74 Å². The highest BCUT2D eigenvalue weighted by atomic mass is 16.5. The molecule has 0 aromatic heterocycles. The van der Waals surface area contributed by atoms with Gasteiger partial charge in [-0.1, -0.05) is 36.4 Å². The Morgan fingerprint density at radius 1 is 1.05 bits per heavy atom. The van der Waals surface area contributed by atoms with Crippen LogP contribution < -0.4 is 9.64 Å². The highest BCUT2D eigenvalue weighted by Crippen LogP contribution is 2.20. The zero-order chi connectivity index (χ0) is 15.8. The molecule has 1 amide bonds. The summed E-state index contributed by atoms with van der Waals surface area (Å²) in [6.45, 7) is 5.28. The largest absolute Gasteiger partial charge is 0.494 e. The molecule has 22 heavy (non-hydrogen) atoms. The van der Waals surface area contributed by atoms with Crippen LogP contribution in [0.3, 0.4) is 0 Å². The molecule has 0 unspecified atom stereocenters. The first-order chi connectivity index (χ1) is 10.7. The minimum absolute atomic E-state index is 0.147. The topological polar surface area (TPSA) is 29.5 Å². The van der Waals surface area contributed by atoms with E-state index in [0.29, 0.717) is 19.6 Å². The van der Waals surface area contributed by atoms with Gasteiger partial charge >= 0.3 is 0 Å². The van der Waals surface area contributed by atoms with Crippen molar-refractivity contribution in [1.82, 2.24) is 0 Å². The zero-order valence-electron chi connectivity index (χ0n) is 13.3. The van der Waals surface area contributed by atoms with Crippen molar-refractivity contribution < 1.29 is 9.53 Å². The van der Waals surface area contributed by atoms with Gasteiger partial charge in [-0.3, -0.25) is 4.79 Å². The van der Waals surface area contributed by atoms with E-state index in [2.05, 4.69) is 0 Å². The highest BCUT2D eigenvalue weighted by molar-refractivity contribution is 5.93. The highest BCUT2D eigenvalue weighted by Gasteiger charge is 2.14. The number of carbonyl (C=O) groups is 1. The first-order valence-corrected chi connectivity index (χ1v) is 7.76. The average molecular weight is 297 g/mol. The summed E-state index contributed by atoms with van der Waals surface area (Å²) in [5.74, 6) is 0.995. The van der Waals surface area contributed by atoms with Crippen molar-refractivity contribution in [2.45, 2.75) is 26.7 Å². The van der Waals surface area contributed by atoms with E-state index in [0.717, 1.165) is 23.4 Å². The minimum atomic E-state index is 0.147. The molecule has 0 radical (unpaired) electrons. The number of benzene rings is 2. The van der Waals surface area contributed by atoms with Crippen LogP contribution in [0.4, 0.5) is 5.69 Å². The Morgan fingerprint density at radius 3 is 2.41 bits per heavy atom. The number of nitrogens with zero attached hydrogens (tertiary/aromatic N) is 1. The summed E-state index contributed by atoms with van der Waals surface area (Å²) in [7, 11) is 0. The molecule has 2 rings (SSSR count). The Balaban J connectivity index is 1.84. The molecule has 0 fully saturated rings. The molecule has 0 N–H and O–H groups in total. The van der Waals surface area contributed by atoms with Gasteiger partial charge < -0.3 is 9.64 Å². The lowest BCUT2D eigenvalue weighted by Gasteiger charge is -2.23. The molecule has 0 bridgehead atoms. The summed E-state index contributed by atoms with van der Waals surface area (Å²) in [5, 5.41) is 0. The summed E-state index contributed by atoms with van der Waals surface area (Å²) >= 11 is 0. The predicted molar refractivity (Wildman–Crippen MR) is 90.4 cm³/mol. The molecule has 0 aliphatic rings. The van der Waals surface area contributed by atoms with Gasteiger partial charge in [-0.2, -0.15) is 0 Å². The maximum Gasteiger partial charge on any atom is 0.227 e. The summed E-state index contributed by atoms with van der Waals surface area (Å²) in [6, 6.07) is 17.7. The third-order valence-corrected chi connectivity index (χ3v) is 3.57. The third kappa shape index (κ3) is 4.35. The van der Waals surface area contributed by atoms with Crippen LogP contribution >= 0.6 is 0 Å². The van der Waals surface area contributed by atoms with E-state index in [1.807, 2.05) is 73.3 Å². The van der Waals surface area contributed by atoms with Crippen molar-refractivity contribution in [2.24, 2.45) is 0 Å². The number of carbonyl (C=O) groups excluding carboxylic acids is 1. The van der Waals surface area contributed by atoms with Gasteiger partial charge in [-0.25, -0.2) is 0 Å². The molecule has 0 atom stereocenters. The van der Waals surface area contributed by atoms with Gasteiger partial charge in [0.05, 0.1) is 6.61 Å². The quantitative estimate of drug-likeness (QED) is 0.717. The van der Waals surface area contributed by atoms with Crippen molar-refractivity contribution in [3.63, 3.8) is 0 Å². The van der Waals surface area contributed by atoms with Crippen molar-refractivity contribution in [3.05, 3.63) is 60.2 Å². The number of para-hydroxylation sites is 2. The molecular formula is C19H23NO2. The Labute approximate surface area is 132 Å². The fourth-order valence-electron chi connectivity index (χ4n) is 2.41. The van der Waals surface area contributed by atoms with Crippen LogP contribution in [-0.4, -0.2) is 19.1 Å². The number of rotatable bonds is 7. The molecule has 3 heteroatoms. The average Bonchev–Trinajstić information content (AvgIpc) is 2.55. The lowest BCUT2D eigenvalue weighted by Crippen LogP contribution is -2.31. The summed E-state index contributed by atoms with van der Waals surface area (Å²) in [4.78, 5) is 14.3. The minimum Gasteiger partial charge on any atom is -0.494 e. The molecule has 0 spiro atoms. The van der Waals surface area contributed by atoms with Crippen LogP contribution in [-0.2, 0) is 4.79 Å². The molecule has 0 aliphatic carbocycles. The van der Waals surface area contributed by atoms with E-state index >= 15 is 0 Å². The van der Waals surface area contributed by atoms with Gasteiger partial charge in [0.15, 0.2) is 0 Å². The molecule has 0 aliphatic heterocycles. The van der Waals surface area contributed by atoms with Crippen molar-refractivity contribution in [1.29, 1.82) is 0 Å². The zero-order valence-corrected chi connectivity index (χ0v) is 13.3. The number of aryl methyl sites for hydroxylation is 1. The molecule has 2 aromatic rings. The smallest absolute Gasteiger partial charge is 0.227 e. The second-order valence-corrected chi connectivity index (χ2v) is 5.19. The van der Waals surface area contributed by atoms with E-state index in [1.165, 1.54) is 0 Å². The monoisotopic (exact) mass is 297 g/mol. The number of anilines is 1. The normalized spacial score (nSPS) is 10.3. The molecule has 3 nitrogen and oxygen atoms in total. The van der Waals surface area contributed by atoms with E-state index in [1.54, 1.807) is 0 Å². The van der Waals surface area contributed by atoms with Crippen molar-refractivity contribution in [3.8, 4) is 5.75 Å².